The van der Waals surface area contributed by atoms with Gasteiger partial charge >= 0.3 is 6.09 Å². The Balaban J connectivity index is 2.86. The third-order valence-corrected chi connectivity index (χ3v) is 12.2. The average Bonchev–Trinajstić information content (AvgIpc) is 3.13. The van der Waals surface area contributed by atoms with Crippen LogP contribution < -0.4 is 5.32 Å². The Morgan fingerprint density at radius 3 is 2.00 bits per heavy atom. The molecule has 0 aromatic rings. The number of alkyl carbamates (subject to hydrolysis) is 1. The van der Waals surface area contributed by atoms with Gasteiger partial charge in [-0.3, -0.25) is 0 Å². The smallest absolute Gasteiger partial charge is 0.408 e. The second-order valence-corrected chi connectivity index (χ2v) is 19.0. The minimum Gasteiger partial charge on any atom is -0.444 e. The van der Waals surface area contributed by atoms with E-state index in [1.165, 1.54) is 44.9 Å². The van der Waals surface area contributed by atoms with E-state index in [4.69, 9.17) is 18.6 Å². The van der Waals surface area contributed by atoms with Gasteiger partial charge in [0.2, 0.25) is 0 Å². The van der Waals surface area contributed by atoms with Crippen molar-refractivity contribution < 1.29 is 28.5 Å². The highest BCUT2D eigenvalue weighted by atomic mass is 28.4. The van der Waals surface area contributed by atoms with E-state index in [2.05, 4.69) is 57.9 Å². The molecule has 1 aliphatic heterocycles. The Kier molecular flexibility index (Phi) is 15.2. The molecule has 4 atom stereocenters. The van der Waals surface area contributed by atoms with Crippen LogP contribution in [0.25, 0.3) is 0 Å². The number of unbranched alkanes of at least 4 members (excludes halogenated alkanes) is 9. The molecule has 8 heteroatoms. The van der Waals surface area contributed by atoms with E-state index < -0.39 is 50.2 Å². The molecular weight excluding hydrogens is 522 g/mol. The lowest BCUT2D eigenvalue weighted by Gasteiger charge is -2.38. The van der Waals surface area contributed by atoms with Crippen molar-refractivity contribution in [1.29, 1.82) is 0 Å². The number of rotatable bonds is 15. The van der Waals surface area contributed by atoms with Crippen LogP contribution in [0.4, 0.5) is 4.79 Å². The topological polar surface area (TPSA) is 86.3 Å². The number of ether oxygens (including phenoxy) is 3. The zero-order valence-electron chi connectivity index (χ0n) is 27.6. The first-order valence-electron chi connectivity index (χ1n) is 15.5. The molecule has 0 bridgehead atoms. The average molecular weight is 584 g/mol. The van der Waals surface area contributed by atoms with Crippen molar-refractivity contribution >= 4 is 14.4 Å². The highest BCUT2D eigenvalue weighted by molar-refractivity contribution is 6.74. The molecule has 1 rings (SSSR count). The van der Waals surface area contributed by atoms with Crippen LogP contribution in [-0.2, 0) is 18.6 Å². The highest BCUT2D eigenvalue weighted by Gasteiger charge is 2.49. The van der Waals surface area contributed by atoms with Crippen molar-refractivity contribution in [3.05, 3.63) is 0 Å². The van der Waals surface area contributed by atoms with Gasteiger partial charge in [0.15, 0.2) is 14.1 Å². The van der Waals surface area contributed by atoms with Crippen molar-refractivity contribution in [2.75, 3.05) is 6.61 Å². The predicted molar refractivity (Wildman–Crippen MR) is 166 cm³/mol. The third-order valence-electron chi connectivity index (χ3n) is 7.66. The quantitative estimate of drug-likeness (QED) is 0.117. The fourth-order valence-electron chi connectivity index (χ4n) is 4.35. The first-order valence-corrected chi connectivity index (χ1v) is 18.4. The second kappa shape index (κ2) is 16.5. The lowest BCUT2D eigenvalue weighted by Crippen LogP contribution is -2.55. The molecule has 2 N–H and O–H groups in total. The molecule has 1 fully saturated rings. The molecule has 0 saturated carbocycles. The highest BCUT2D eigenvalue weighted by Crippen LogP contribution is 2.38. The molecule has 1 aliphatic rings. The summed E-state index contributed by atoms with van der Waals surface area (Å²) >= 11 is 0. The molecule has 0 aromatic carbocycles. The van der Waals surface area contributed by atoms with Crippen molar-refractivity contribution in [3.8, 4) is 11.8 Å². The Bertz CT molecular complexity index is 805. The summed E-state index contributed by atoms with van der Waals surface area (Å²) in [6, 6.07) is -0.593. The van der Waals surface area contributed by atoms with Gasteiger partial charge in [-0.15, -0.1) is 5.92 Å². The molecule has 0 aliphatic carbocycles. The zero-order valence-corrected chi connectivity index (χ0v) is 28.6. The molecule has 0 unspecified atom stereocenters. The van der Waals surface area contributed by atoms with Gasteiger partial charge in [-0.25, -0.2) is 4.79 Å². The second-order valence-electron chi connectivity index (χ2n) is 14.2. The number of carbonyl (C=O) groups is 1. The molecule has 1 saturated heterocycles. The molecular formula is C32H61NO6Si. The van der Waals surface area contributed by atoms with Crippen LogP contribution in [0.15, 0.2) is 0 Å². The van der Waals surface area contributed by atoms with Crippen molar-refractivity contribution in [2.24, 2.45) is 0 Å². The number of aliphatic hydroxyl groups excluding tert-OH is 1. The number of aliphatic hydroxyl groups is 1. The van der Waals surface area contributed by atoms with E-state index in [9.17, 15) is 9.90 Å². The van der Waals surface area contributed by atoms with Gasteiger partial charge in [0, 0.05) is 6.42 Å². The number of nitrogens with one attached hydrogen (secondary N) is 1. The summed E-state index contributed by atoms with van der Waals surface area (Å²) in [6.07, 6.45) is 9.05. The van der Waals surface area contributed by atoms with Gasteiger partial charge < -0.3 is 29.1 Å². The minimum absolute atomic E-state index is 0.00475. The summed E-state index contributed by atoms with van der Waals surface area (Å²) in [5, 5.41) is 14.0. The van der Waals surface area contributed by atoms with E-state index >= 15 is 0 Å². The van der Waals surface area contributed by atoms with Crippen LogP contribution in [0, 0.1) is 11.8 Å². The van der Waals surface area contributed by atoms with Crippen molar-refractivity contribution in [3.63, 3.8) is 0 Å². The van der Waals surface area contributed by atoms with Crippen LogP contribution in [-0.4, -0.2) is 61.9 Å². The van der Waals surface area contributed by atoms with E-state index in [1.807, 2.05) is 34.6 Å². The maximum absolute atomic E-state index is 12.8. The van der Waals surface area contributed by atoms with Crippen molar-refractivity contribution in [2.45, 2.75) is 180 Å². The lowest BCUT2D eigenvalue weighted by atomic mass is 10.0. The number of amides is 1. The van der Waals surface area contributed by atoms with Gasteiger partial charge in [-0.2, -0.15) is 0 Å². The molecule has 0 radical (unpaired) electrons. The van der Waals surface area contributed by atoms with E-state index in [1.54, 1.807) is 0 Å². The Morgan fingerprint density at radius 1 is 0.950 bits per heavy atom. The Labute approximate surface area is 247 Å². The Morgan fingerprint density at radius 2 is 1.48 bits per heavy atom. The maximum atomic E-state index is 12.8. The first-order chi connectivity index (χ1) is 18.4. The largest absolute Gasteiger partial charge is 0.444 e. The maximum Gasteiger partial charge on any atom is 0.408 e. The standard InChI is InChI=1S/C32H61NO6Si/c1-12-13-14-15-16-17-18-19-20-21-22-23-26(34)28-27(37-32(8,9)38-28)25(33-29(35)39-30(2,3)4)24-36-40(10,11)31(5,6)7/h25-28,34H,12-21,24H2,1-11H3,(H,33,35)/t25-,26-,27-,28+/m0/s1. The van der Waals surface area contributed by atoms with Gasteiger partial charge in [-0.1, -0.05) is 85.0 Å². The molecule has 1 heterocycles. The van der Waals surface area contributed by atoms with Crippen LogP contribution in [0.1, 0.15) is 127 Å². The summed E-state index contributed by atoms with van der Waals surface area (Å²) < 4.78 is 24.4. The van der Waals surface area contributed by atoms with Crippen LogP contribution in [0.2, 0.25) is 18.1 Å². The minimum atomic E-state index is -2.13. The summed E-state index contributed by atoms with van der Waals surface area (Å²) in [4.78, 5) is 12.8. The molecule has 234 valence electrons. The molecule has 40 heavy (non-hydrogen) atoms. The SMILES string of the molecule is CCCCCCCCCCCC#C[C@H](O)[C@H]1OC(C)(C)O[C@H]1[C@H](CO[Si](C)(C)C(C)(C)C)NC(=O)OC(C)(C)C. The lowest BCUT2D eigenvalue weighted by molar-refractivity contribution is -0.154. The molecule has 7 nitrogen and oxygen atoms in total. The van der Waals surface area contributed by atoms with Crippen LogP contribution in [0.5, 0.6) is 0 Å². The molecule has 0 aromatic heterocycles. The number of hydrogen-bond donors (Lipinski definition) is 2. The molecule has 0 spiro atoms. The summed E-state index contributed by atoms with van der Waals surface area (Å²) in [5.74, 6) is 5.18. The van der Waals surface area contributed by atoms with Gasteiger partial charge in [-0.05, 0) is 59.2 Å². The monoisotopic (exact) mass is 583 g/mol. The predicted octanol–water partition coefficient (Wildman–Crippen LogP) is 7.71. The zero-order chi connectivity index (χ0) is 30.6. The fraction of sp³-hybridized carbons (Fsp3) is 0.906. The normalized spacial score (nSPS) is 20.9. The summed E-state index contributed by atoms with van der Waals surface area (Å²) in [7, 11) is -2.13. The van der Waals surface area contributed by atoms with Gasteiger partial charge in [0.25, 0.3) is 0 Å². The fourth-order valence-corrected chi connectivity index (χ4v) is 5.38. The summed E-state index contributed by atoms with van der Waals surface area (Å²) in [6.45, 7) is 22.4. The Hall–Kier alpha value is -1.11. The van der Waals surface area contributed by atoms with E-state index in [0.29, 0.717) is 0 Å². The van der Waals surface area contributed by atoms with Gasteiger partial charge in [0.1, 0.15) is 23.9 Å². The number of carbonyl (C=O) groups excluding carboxylic acids is 1. The van der Waals surface area contributed by atoms with Crippen LogP contribution >= 0.6 is 0 Å². The first kappa shape index (κ1) is 36.9. The molecule has 1 amide bonds. The van der Waals surface area contributed by atoms with Gasteiger partial charge in [0.05, 0.1) is 12.6 Å². The van der Waals surface area contributed by atoms with E-state index in [-0.39, 0.29) is 11.6 Å². The number of hydrogen-bond acceptors (Lipinski definition) is 6. The third kappa shape index (κ3) is 14.2. The summed E-state index contributed by atoms with van der Waals surface area (Å²) in [5.41, 5.74) is -0.652. The van der Waals surface area contributed by atoms with E-state index in [0.717, 1.165) is 19.3 Å². The van der Waals surface area contributed by atoms with Crippen molar-refractivity contribution in [1.82, 2.24) is 5.32 Å². The van der Waals surface area contributed by atoms with Crippen LogP contribution in [0.3, 0.4) is 0 Å².